The number of para-hydroxylation sites is 1. The number of anilines is 1. The summed E-state index contributed by atoms with van der Waals surface area (Å²) >= 11 is 1.31. The Morgan fingerprint density at radius 2 is 2.21 bits per heavy atom. The molecule has 1 N–H and O–H groups in total. The highest BCUT2D eigenvalue weighted by Gasteiger charge is 2.22. The van der Waals surface area contributed by atoms with Crippen LogP contribution in [0.1, 0.15) is 12.8 Å². The minimum Gasteiger partial charge on any atom is -0.376 e. The van der Waals surface area contributed by atoms with E-state index in [1.54, 1.807) is 11.9 Å². The number of hydrogen-bond donors (Lipinski definition) is 1. The molecule has 1 aromatic carbocycles. The first-order valence-corrected chi connectivity index (χ1v) is 10.1. The van der Waals surface area contributed by atoms with Gasteiger partial charge in [0.1, 0.15) is 0 Å². The van der Waals surface area contributed by atoms with Gasteiger partial charge in [-0.25, -0.2) is 9.97 Å². The second-order valence-corrected chi connectivity index (χ2v) is 7.56. The summed E-state index contributed by atoms with van der Waals surface area (Å²) in [4.78, 5) is 37.7. The third-order valence-electron chi connectivity index (χ3n) is 4.76. The van der Waals surface area contributed by atoms with Gasteiger partial charge in [0, 0.05) is 19.3 Å². The van der Waals surface area contributed by atoms with Crippen LogP contribution in [0.15, 0.2) is 46.6 Å². The van der Waals surface area contributed by atoms with Gasteiger partial charge < -0.3 is 19.2 Å². The number of nitrogens with one attached hydrogen (secondary N) is 1. The van der Waals surface area contributed by atoms with Crippen molar-refractivity contribution < 1.29 is 9.53 Å². The Labute approximate surface area is 165 Å². The number of H-pyrrole nitrogens is 1. The summed E-state index contributed by atoms with van der Waals surface area (Å²) in [5.41, 5.74) is 1.35. The first-order chi connectivity index (χ1) is 13.6. The molecule has 1 unspecified atom stereocenters. The second-order valence-electron chi connectivity index (χ2n) is 6.62. The highest BCUT2D eigenvalue weighted by atomic mass is 32.2. The van der Waals surface area contributed by atoms with Crippen molar-refractivity contribution in [3.63, 3.8) is 0 Å². The zero-order valence-electron chi connectivity index (χ0n) is 15.5. The van der Waals surface area contributed by atoms with E-state index in [0.29, 0.717) is 17.3 Å². The number of thioether (sulfide) groups is 1. The van der Waals surface area contributed by atoms with Crippen molar-refractivity contribution in [2.24, 2.45) is 0 Å². The van der Waals surface area contributed by atoms with E-state index in [2.05, 4.69) is 15.0 Å². The Balaban J connectivity index is 1.56. The fourth-order valence-corrected chi connectivity index (χ4v) is 4.13. The fraction of sp³-hybridized carbons (Fsp3) is 0.368. The average Bonchev–Trinajstić information content (AvgIpc) is 3.36. The molecule has 28 heavy (non-hydrogen) atoms. The van der Waals surface area contributed by atoms with E-state index >= 15 is 0 Å². The molecular weight excluding hydrogens is 378 g/mol. The number of amides is 1. The van der Waals surface area contributed by atoms with Crippen LogP contribution in [0.25, 0.3) is 11.2 Å². The van der Waals surface area contributed by atoms with Crippen LogP contribution in [-0.4, -0.2) is 50.9 Å². The standard InChI is InChI=1S/C19H21N5O3S/c1-23(13-6-3-2-4-7-13)15(25)11-28-19-22-16-17(20-12-21-18(16)26)24(19)10-14-8-5-9-27-14/h2-4,6-7,12,14H,5,8-11H2,1H3,(H,20,21,26). The Morgan fingerprint density at radius 1 is 1.39 bits per heavy atom. The van der Waals surface area contributed by atoms with E-state index in [1.165, 1.54) is 18.1 Å². The molecule has 3 heterocycles. The average molecular weight is 399 g/mol. The molecule has 4 rings (SSSR count). The minimum absolute atomic E-state index is 0.0474. The van der Waals surface area contributed by atoms with E-state index < -0.39 is 0 Å². The Bertz CT molecular complexity index is 1030. The van der Waals surface area contributed by atoms with Crippen molar-refractivity contribution in [2.75, 3.05) is 24.3 Å². The zero-order chi connectivity index (χ0) is 19.5. The first kappa shape index (κ1) is 18.7. The molecule has 8 nitrogen and oxygen atoms in total. The maximum absolute atomic E-state index is 12.6. The van der Waals surface area contributed by atoms with Crippen LogP contribution in [0, 0.1) is 0 Å². The van der Waals surface area contributed by atoms with Crippen LogP contribution in [0.4, 0.5) is 5.69 Å². The van der Waals surface area contributed by atoms with Crippen LogP contribution in [0.3, 0.4) is 0 Å². The van der Waals surface area contributed by atoms with Crippen LogP contribution in [-0.2, 0) is 16.1 Å². The highest BCUT2D eigenvalue weighted by molar-refractivity contribution is 7.99. The molecule has 1 saturated heterocycles. The van der Waals surface area contributed by atoms with Gasteiger partial charge in [-0.3, -0.25) is 9.59 Å². The molecule has 146 valence electrons. The molecule has 1 fully saturated rings. The molecule has 0 spiro atoms. The molecule has 0 saturated carbocycles. The van der Waals surface area contributed by atoms with Crippen molar-refractivity contribution in [1.82, 2.24) is 19.5 Å². The minimum atomic E-state index is -0.286. The second kappa shape index (κ2) is 8.15. The lowest BCUT2D eigenvalue weighted by Gasteiger charge is -2.17. The lowest BCUT2D eigenvalue weighted by atomic mass is 10.2. The molecule has 1 amide bonds. The number of nitrogens with zero attached hydrogens (tertiary/aromatic N) is 4. The summed E-state index contributed by atoms with van der Waals surface area (Å²) in [7, 11) is 1.75. The van der Waals surface area contributed by atoms with E-state index in [1.807, 2.05) is 34.9 Å². The number of aromatic amines is 1. The van der Waals surface area contributed by atoms with Gasteiger partial charge >= 0.3 is 0 Å². The van der Waals surface area contributed by atoms with Gasteiger partial charge in [-0.15, -0.1) is 0 Å². The largest absolute Gasteiger partial charge is 0.376 e. The van der Waals surface area contributed by atoms with E-state index in [-0.39, 0.29) is 28.8 Å². The van der Waals surface area contributed by atoms with E-state index in [9.17, 15) is 9.59 Å². The Kier molecular flexibility index (Phi) is 5.45. The number of ether oxygens (including phenoxy) is 1. The molecular formula is C19H21N5O3S. The fourth-order valence-electron chi connectivity index (χ4n) is 3.21. The molecule has 0 aliphatic carbocycles. The Hall–Kier alpha value is -2.65. The van der Waals surface area contributed by atoms with Gasteiger partial charge in [-0.2, -0.15) is 0 Å². The summed E-state index contributed by atoms with van der Waals surface area (Å²) < 4.78 is 7.63. The molecule has 1 atom stereocenters. The smallest absolute Gasteiger partial charge is 0.278 e. The van der Waals surface area contributed by atoms with Crippen molar-refractivity contribution in [3.05, 3.63) is 47.0 Å². The molecule has 0 bridgehead atoms. The van der Waals surface area contributed by atoms with E-state index in [4.69, 9.17) is 4.74 Å². The zero-order valence-corrected chi connectivity index (χ0v) is 16.3. The van der Waals surface area contributed by atoms with Crippen LogP contribution in [0.5, 0.6) is 0 Å². The molecule has 3 aromatic rings. The van der Waals surface area contributed by atoms with Gasteiger partial charge in [-0.05, 0) is 25.0 Å². The van der Waals surface area contributed by atoms with Crippen molar-refractivity contribution >= 4 is 34.5 Å². The molecule has 1 aliphatic heterocycles. The third-order valence-corrected chi connectivity index (χ3v) is 5.72. The van der Waals surface area contributed by atoms with Crippen LogP contribution < -0.4 is 10.5 Å². The van der Waals surface area contributed by atoms with Gasteiger partial charge in [0.2, 0.25) is 5.91 Å². The summed E-state index contributed by atoms with van der Waals surface area (Å²) in [5, 5.41) is 0.601. The van der Waals surface area contributed by atoms with Crippen LogP contribution in [0.2, 0.25) is 0 Å². The maximum atomic E-state index is 12.6. The van der Waals surface area contributed by atoms with Gasteiger partial charge in [0.05, 0.1) is 24.7 Å². The molecule has 9 heteroatoms. The van der Waals surface area contributed by atoms with Crippen molar-refractivity contribution in [2.45, 2.75) is 30.6 Å². The SMILES string of the molecule is CN(C(=O)CSc1nc2c(=O)[nH]cnc2n1CC1CCCO1)c1ccccc1. The maximum Gasteiger partial charge on any atom is 0.278 e. The number of aromatic nitrogens is 4. The number of carbonyl (C=O) groups excluding carboxylic acids is 1. The molecule has 2 aromatic heterocycles. The van der Waals surface area contributed by atoms with Crippen LogP contribution >= 0.6 is 11.8 Å². The summed E-state index contributed by atoms with van der Waals surface area (Å²) in [6.45, 7) is 1.31. The van der Waals surface area contributed by atoms with Gasteiger partial charge in [0.15, 0.2) is 16.3 Å². The topological polar surface area (TPSA) is 93.1 Å². The monoisotopic (exact) mass is 399 g/mol. The first-order valence-electron chi connectivity index (χ1n) is 9.13. The number of benzene rings is 1. The lowest BCUT2D eigenvalue weighted by molar-refractivity contribution is -0.115. The highest BCUT2D eigenvalue weighted by Crippen LogP contribution is 2.25. The van der Waals surface area contributed by atoms with E-state index in [0.717, 1.165) is 25.1 Å². The number of hydrogen-bond acceptors (Lipinski definition) is 6. The van der Waals surface area contributed by atoms with Crippen molar-refractivity contribution in [3.8, 4) is 0 Å². The predicted octanol–water partition coefficient (Wildman–Crippen LogP) is 2.05. The quantitative estimate of drug-likeness (QED) is 0.638. The molecule has 1 aliphatic rings. The lowest BCUT2D eigenvalue weighted by Crippen LogP contribution is -2.28. The number of fused-ring (bicyclic) bond motifs is 1. The normalized spacial score (nSPS) is 16.5. The summed E-state index contributed by atoms with van der Waals surface area (Å²) in [6, 6.07) is 9.47. The number of rotatable bonds is 6. The predicted molar refractivity (Wildman–Crippen MR) is 108 cm³/mol. The molecule has 0 radical (unpaired) electrons. The van der Waals surface area contributed by atoms with Gasteiger partial charge in [-0.1, -0.05) is 30.0 Å². The number of imidazole rings is 1. The third kappa shape index (κ3) is 3.81. The summed E-state index contributed by atoms with van der Waals surface area (Å²) in [5.74, 6) is 0.159. The van der Waals surface area contributed by atoms with Crippen molar-refractivity contribution in [1.29, 1.82) is 0 Å². The Morgan fingerprint density at radius 3 is 2.96 bits per heavy atom. The number of carbonyl (C=O) groups is 1. The summed E-state index contributed by atoms with van der Waals surface area (Å²) in [6.07, 6.45) is 3.43. The van der Waals surface area contributed by atoms with Gasteiger partial charge in [0.25, 0.3) is 5.56 Å².